The molecular weight excluding hydrogens is 455 g/mol. The first-order chi connectivity index (χ1) is 15.9. The van der Waals surface area contributed by atoms with Crippen molar-refractivity contribution in [1.29, 1.82) is 0 Å². The molecule has 1 aromatic carbocycles. The largest absolute Gasteiger partial charge is 0.573 e. The zero-order chi connectivity index (χ0) is 23.0. The number of thiazole rings is 1. The molecule has 1 atom stereocenters. The van der Waals surface area contributed by atoms with Crippen molar-refractivity contribution in [1.82, 2.24) is 9.97 Å². The third-order valence-corrected chi connectivity index (χ3v) is 6.82. The number of anilines is 2. The van der Waals surface area contributed by atoms with Gasteiger partial charge >= 0.3 is 6.36 Å². The van der Waals surface area contributed by atoms with Gasteiger partial charge in [0.1, 0.15) is 5.75 Å². The molecule has 174 valence electrons. The van der Waals surface area contributed by atoms with E-state index < -0.39 is 12.5 Å². The first-order valence-corrected chi connectivity index (χ1v) is 11.6. The van der Waals surface area contributed by atoms with Crippen LogP contribution in [-0.4, -0.2) is 27.5 Å². The van der Waals surface area contributed by atoms with Gasteiger partial charge in [0.15, 0.2) is 16.7 Å². The van der Waals surface area contributed by atoms with Gasteiger partial charge < -0.3 is 19.9 Å². The molecule has 2 heterocycles. The molecule has 0 spiro atoms. The van der Waals surface area contributed by atoms with E-state index in [1.165, 1.54) is 29.5 Å². The quantitative estimate of drug-likeness (QED) is 0.444. The summed E-state index contributed by atoms with van der Waals surface area (Å²) >= 11 is 1.47. The molecule has 0 aliphatic heterocycles. The monoisotopic (exact) mass is 477 g/mol. The molecule has 2 aliphatic rings. The first kappa shape index (κ1) is 22.0. The lowest BCUT2D eigenvalue weighted by atomic mass is 9.96. The Morgan fingerprint density at radius 3 is 2.70 bits per heavy atom. The second kappa shape index (κ2) is 8.83. The van der Waals surface area contributed by atoms with E-state index in [9.17, 15) is 18.3 Å². The van der Waals surface area contributed by atoms with Crippen LogP contribution in [0.3, 0.4) is 0 Å². The highest BCUT2D eigenvalue weighted by molar-refractivity contribution is 7.15. The fraction of sp³-hybridized carbons (Fsp3) is 0.391. The first-order valence-electron chi connectivity index (χ1n) is 10.8. The van der Waals surface area contributed by atoms with Crippen LogP contribution < -0.4 is 14.8 Å². The third kappa shape index (κ3) is 4.91. The molecule has 0 amide bonds. The van der Waals surface area contributed by atoms with E-state index in [0.29, 0.717) is 39.9 Å². The number of alkyl halides is 3. The molecule has 1 unspecified atom stereocenters. The number of halogens is 3. The van der Waals surface area contributed by atoms with Crippen LogP contribution in [0.25, 0.3) is 11.1 Å². The molecule has 6 nitrogen and oxygen atoms in total. The Kier molecular flexibility index (Phi) is 5.88. The Bertz CT molecular complexity index is 1150. The maximum atomic E-state index is 12.7. The fourth-order valence-corrected chi connectivity index (χ4v) is 5.01. The van der Waals surface area contributed by atoms with E-state index >= 15 is 0 Å². The highest BCUT2D eigenvalue weighted by Crippen LogP contribution is 2.42. The summed E-state index contributed by atoms with van der Waals surface area (Å²) in [5.41, 5.74) is 1.82. The molecule has 2 aliphatic carbocycles. The Morgan fingerprint density at radius 1 is 1.12 bits per heavy atom. The lowest BCUT2D eigenvalue weighted by Crippen LogP contribution is -2.25. The van der Waals surface area contributed by atoms with E-state index in [4.69, 9.17) is 4.74 Å². The number of fused-ring (bicyclic) bond motifs is 1. The van der Waals surface area contributed by atoms with Crippen LogP contribution in [0.2, 0.25) is 0 Å². The number of aliphatic hydroxyl groups excluding tert-OH is 1. The van der Waals surface area contributed by atoms with Gasteiger partial charge in [0.05, 0.1) is 17.9 Å². The van der Waals surface area contributed by atoms with E-state index in [0.717, 1.165) is 37.0 Å². The smallest absolute Gasteiger partial charge is 0.486 e. The summed E-state index contributed by atoms with van der Waals surface area (Å²) in [6.45, 7) is 0. The molecule has 1 saturated carbocycles. The van der Waals surface area contributed by atoms with Crippen molar-refractivity contribution in [3.05, 3.63) is 47.1 Å². The number of aromatic nitrogens is 2. The van der Waals surface area contributed by atoms with E-state index in [1.807, 2.05) is 0 Å². The van der Waals surface area contributed by atoms with Gasteiger partial charge in [-0.3, -0.25) is 0 Å². The maximum absolute atomic E-state index is 12.7. The van der Waals surface area contributed by atoms with E-state index in [1.54, 1.807) is 18.3 Å². The Balaban J connectivity index is 1.50. The molecule has 1 fully saturated rings. The van der Waals surface area contributed by atoms with Crippen molar-refractivity contribution in [2.24, 2.45) is 0 Å². The summed E-state index contributed by atoms with van der Waals surface area (Å²) in [4.78, 5) is 10.0. The number of hydrogen-bond donors (Lipinski definition) is 2. The number of aryl methyl sites for hydroxylation is 1. The van der Waals surface area contributed by atoms with Crippen molar-refractivity contribution in [3.8, 4) is 22.6 Å². The zero-order valence-electron chi connectivity index (χ0n) is 17.6. The van der Waals surface area contributed by atoms with Crippen LogP contribution in [0.5, 0.6) is 11.5 Å². The number of pyridine rings is 1. The summed E-state index contributed by atoms with van der Waals surface area (Å²) < 4.78 is 48.5. The van der Waals surface area contributed by atoms with Crippen molar-refractivity contribution < 1.29 is 27.8 Å². The van der Waals surface area contributed by atoms with Crippen LogP contribution in [0.15, 0.2) is 36.5 Å². The minimum Gasteiger partial charge on any atom is -0.486 e. The molecule has 3 aromatic rings. The second-order valence-electron chi connectivity index (χ2n) is 8.14. The minimum absolute atomic E-state index is 0.0226. The number of benzene rings is 1. The molecule has 0 bridgehead atoms. The second-order valence-corrected chi connectivity index (χ2v) is 9.23. The van der Waals surface area contributed by atoms with Crippen LogP contribution in [0.4, 0.5) is 24.1 Å². The van der Waals surface area contributed by atoms with Crippen LogP contribution in [0.1, 0.15) is 48.8 Å². The number of aliphatic hydroxyl groups is 1. The lowest BCUT2D eigenvalue weighted by molar-refractivity contribution is -0.274. The summed E-state index contributed by atoms with van der Waals surface area (Å²) in [5.74, 6) is 0.588. The van der Waals surface area contributed by atoms with Crippen molar-refractivity contribution in [2.45, 2.75) is 57.1 Å². The molecule has 33 heavy (non-hydrogen) atoms. The molecule has 0 radical (unpaired) electrons. The normalized spacial score (nSPS) is 18.4. The molecular formula is C23H22F3N3O3S. The van der Waals surface area contributed by atoms with Crippen molar-refractivity contribution >= 4 is 22.3 Å². The minimum atomic E-state index is -4.77. The maximum Gasteiger partial charge on any atom is 0.573 e. The van der Waals surface area contributed by atoms with E-state index in [2.05, 4.69) is 20.0 Å². The Labute approximate surface area is 192 Å². The predicted molar refractivity (Wildman–Crippen MR) is 118 cm³/mol. The van der Waals surface area contributed by atoms with Crippen LogP contribution >= 0.6 is 11.3 Å². The average Bonchev–Trinajstić information content (AvgIpc) is 3.14. The van der Waals surface area contributed by atoms with Crippen LogP contribution in [-0.2, 0) is 6.42 Å². The SMILES string of the molecule is OC1CCCc2sc(Nc3nccc(-c4cccc(OC(F)(F)F)c4)c3OC3CCC3)nc21. The Hall–Kier alpha value is -2.85. The molecule has 2 aromatic heterocycles. The average molecular weight is 478 g/mol. The number of hydrogen-bond acceptors (Lipinski definition) is 7. The molecule has 5 rings (SSSR count). The number of rotatable bonds is 6. The molecule has 0 saturated heterocycles. The Morgan fingerprint density at radius 2 is 1.97 bits per heavy atom. The highest BCUT2D eigenvalue weighted by Gasteiger charge is 2.31. The van der Waals surface area contributed by atoms with Gasteiger partial charge in [-0.1, -0.05) is 12.1 Å². The van der Waals surface area contributed by atoms with Gasteiger partial charge in [0.25, 0.3) is 0 Å². The fourth-order valence-electron chi connectivity index (χ4n) is 3.95. The predicted octanol–water partition coefficient (Wildman–Crippen LogP) is 6.15. The summed E-state index contributed by atoms with van der Waals surface area (Å²) in [6.07, 6.45) is 1.61. The van der Waals surface area contributed by atoms with Gasteiger partial charge in [-0.25, -0.2) is 9.97 Å². The molecule has 2 N–H and O–H groups in total. The number of nitrogens with one attached hydrogen (secondary N) is 1. The summed E-state index contributed by atoms with van der Waals surface area (Å²) in [6, 6.07) is 7.51. The van der Waals surface area contributed by atoms with Gasteiger partial charge in [0.2, 0.25) is 0 Å². The topological polar surface area (TPSA) is 76.5 Å². The lowest BCUT2D eigenvalue weighted by Gasteiger charge is -2.28. The number of nitrogens with zero attached hydrogens (tertiary/aromatic N) is 2. The number of ether oxygens (including phenoxy) is 2. The van der Waals surface area contributed by atoms with Crippen LogP contribution in [0, 0.1) is 0 Å². The van der Waals surface area contributed by atoms with Gasteiger partial charge in [0, 0.05) is 16.6 Å². The highest BCUT2D eigenvalue weighted by atomic mass is 32.1. The summed E-state index contributed by atoms with van der Waals surface area (Å²) in [5, 5.41) is 14.0. The molecule has 10 heteroatoms. The van der Waals surface area contributed by atoms with Gasteiger partial charge in [-0.2, -0.15) is 0 Å². The third-order valence-electron chi connectivity index (χ3n) is 5.77. The van der Waals surface area contributed by atoms with Gasteiger partial charge in [-0.05, 0) is 62.3 Å². The van der Waals surface area contributed by atoms with Crippen molar-refractivity contribution in [3.63, 3.8) is 0 Å². The van der Waals surface area contributed by atoms with E-state index in [-0.39, 0.29) is 11.9 Å². The van der Waals surface area contributed by atoms with Crippen molar-refractivity contribution in [2.75, 3.05) is 5.32 Å². The summed E-state index contributed by atoms with van der Waals surface area (Å²) in [7, 11) is 0. The standard InChI is InChI=1S/C23H22F3N3O3S/c24-23(25,26)32-15-7-1-4-13(12-15)16-10-11-27-21(20(16)31-14-5-2-6-14)29-22-28-19-17(30)8-3-9-18(19)33-22/h1,4,7,10-12,14,17,30H,2-3,5-6,8-9H2,(H,27,28,29). The van der Waals surface area contributed by atoms with Gasteiger partial charge in [-0.15, -0.1) is 24.5 Å². The zero-order valence-corrected chi connectivity index (χ0v) is 18.4.